The number of amides is 3. The lowest BCUT2D eigenvalue weighted by molar-refractivity contribution is -0.116. The SMILES string of the molecule is COC(=O)c1ccccc1NC(=O)CN1CCN(c2ccc(OC)cc2)C1=O. The summed E-state index contributed by atoms with van der Waals surface area (Å²) in [5, 5.41) is 2.67. The molecule has 1 N–H and O–H groups in total. The fraction of sp³-hybridized carbons (Fsp3) is 0.250. The standard InChI is InChI=1S/C20H21N3O5/c1-27-15-9-7-14(8-10-15)23-12-11-22(20(23)26)13-18(24)21-17-6-4-3-5-16(17)19(25)28-2/h3-10H,11-13H2,1-2H3,(H,21,24). The van der Waals surface area contributed by atoms with Crippen molar-refractivity contribution in [3.8, 4) is 5.75 Å². The van der Waals surface area contributed by atoms with Crippen molar-refractivity contribution in [1.29, 1.82) is 0 Å². The first-order valence-electron chi connectivity index (χ1n) is 8.71. The van der Waals surface area contributed by atoms with E-state index in [0.29, 0.717) is 24.5 Å². The Morgan fingerprint density at radius 1 is 1.04 bits per heavy atom. The summed E-state index contributed by atoms with van der Waals surface area (Å²) in [6.45, 7) is 0.801. The van der Waals surface area contributed by atoms with Gasteiger partial charge in [0.25, 0.3) is 0 Å². The largest absolute Gasteiger partial charge is 0.497 e. The van der Waals surface area contributed by atoms with Crippen LogP contribution in [0, 0.1) is 0 Å². The molecule has 2 aromatic carbocycles. The number of rotatable bonds is 6. The first kappa shape index (κ1) is 19.2. The highest BCUT2D eigenvalue weighted by atomic mass is 16.5. The first-order valence-corrected chi connectivity index (χ1v) is 8.71. The summed E-state index contributed by atoms with van der Waals surface area (Å²) in [6, 6.07) is 13.5. The van der Waals surface area contributed by atoms with Crippen molar-refractivity contribution in [3.05, 3.63) is 54.1 Å². The Bertz CT molecular complexity index is 882. The van der Waals surface area contributed by atoms with Crippen molar-refractivity contribution in [2.24, 2.45) is 0 Å². The normalized spacial score (nSPS) is 13.4. The van der Waals surface area contributed by atoms with Crippen LogP contribution in [0.5, 0.6) is 5.75 Å². The zero-order valence-corrected chi connectivity index (χ0v) is 15.7. The molecular weight excluding hydrogens is 362 g/mol. The van der Waals surface area contributed by atoms with E-state index in [-0.39, 0.29) is 24.0 Å². The maximum absolute atomic E-state index is 12.6. The molecule has 0 aliphatic carbocycles. The molecule has 3 amide bonds. The molecule has 8 heteroatoms. The van der Waals surface area contributed by atoms with Crippen LogP contribution in [0.25, 0.3) is 0 Å². The Morgan fingerprint density at radius 2 is 1.75 bits per heavy atom. The summed E-state index contributed by atoms with van der Waals surface area (Å²) in [4.78, 5) is 39.9. The van der Waals surface area contributed by atoms with E-state index in [1.807, 2.05) is 0 Å². The Balaban J connectivity index is 1.64. The minimum atomic E-state index is -0.543. The number of ether oxygens (including phenoxy) is 2. The van der Waals surface area contributed by atoms with E-state index in [2.05, 4.69) is 5.32 Å². The number of esters is 1. The number of methoxy groups -OCH3 is 2. The van der Waals surface area contributed by atoms with E-state index in [4.69, 9.17) is 9.47 Å². The van der Waals surface area contributed by atoms with Crippen LogP contribution in [0.2, 0.25) is 0 Å². The van der Waals surface area contributed by atoms with Crippen molar-refractivity contribution < 1.29 is 23.9 Å². The second-order valence-corrected chi connectivity index (χ2v) is 6.14. The summed E-state index contributed by atoms with van der Waals surface area (Å²) < 4.78 is 9.84. The van der Waals surface area contributed by atoms with Gasteiger partial charge in [-0.25, -0.2) is 9.59 Å². The van der Waals surface area contributed by atoms with Gasteiger partial charge in [0.1, 0.15) is 12.3 Å². The Labute approximate surface area is 162 Å². The third kappa shape index (κ3) is 4.06. The fourth-order valence-electron chi connectivity index (χ4n) is 2.97. The molecule has 0 saturated carbocycles. The number of nitrogens with zero attached hydrogens (tertiary/aromatic N) is 2. The molecule has 0 bridgehead atoms. The predicted molar refractivity (Wildman–Crippen MR) is 104 cm³/mol. The predicted octanol–water partition coefficient (Wildman–Crippen LogP) is 2.36. The zero-order chi connectivity index (χ0) is 20.1. The van der Waals surface area contributed by atoms with E-state index >= 15 is 0 Å². The highest BCUT2D eigenvalue weighted by molar-refractivity contribution is 6.03. The van der Waals surface area contributed by atoms with Gasteiger partial charge in [-0.05, 0) is 36.4 Å². The average molecular weight is 383 g/mol. The Hall–Kier alpha value is -3.55. The third-order valence-corrected chi connectivity index (χ3v) is 4.42. The van der Waals surface area contributed by atoms with E-state index in [1.54, 1.807) is 60.5 Å². The van der Waals surface area contributed by atoms with Crippen LogP contribution < -0.4 is 15.0 Å². The molecule has 28 heavy (non-hydrogen) atoms. The van der Waals surface area contributed by atoms with Crippen molar-refractivity contribution in [1.82, 2.24) is 4.90 Å². The van der Waals surface area contributed by atoms with Gasteiger partial charge in [-0.3, -0.25) is 9.69 Å². The molecule has 0 radical (unpaired) electrons. The molecule has 1 aliphatic rings. The van der Waals surface area contributed by atoms with E-state index < -0.39 is 5.97 Å². The summed E-state index contributed by atoms with van der Waals surface area (Å²) >= 11 is 0. The smallest absolute Gasteiger partial charge is 0.339 e. The van der Waals surface area contributed by atoms with Gasteiger partial charge in [0.2, 0.25) is 5.91 Å². The molecule has 1 heterocycles. The van der Waals surface area contributed by atoms with Crippen LogP contribution in [-0.4, -0.2) is 56.7 Å². The number of carbonyl (C=O) groups is 3. The van der Waals surface area contributed by atoms with Gasteiger partial charge in [0.05, 0.1) is 25.5 Å². The number of carbonyl (C=O) groups excluding carboxylic acids is 3. The summed E-state index contributed by atoms with van der Waals surface area (Å²) in [6.07, 6.45) is 0. The van der Waals surface area contributed by atoms with Gasteiger partial charge >= 0.3 is 12.0 Å². The van der Waals surface area contributed by atoms with Crippen molar-refractivity contribution >= 4 is 29.3 Å². The lowest BCUT2D eigenvalue weighted by Crippen LogP contribution is -2.37. The number of benzene rings is 2. The molecule has 3 rings (SSSR count). The molecule has 0 atom stereocenters. The number of anilines is 2. The zero-order valence-electron chi connectivity index (χ0n) is 15.7. The third-order valence-electron chi connectivity index (χ3n) is 4.42. The van der Waals surface area contributed by atoms with Gasteiger partial charge in [-0.1, -0.05) is 12.1 Å². The molecular formula is C20H21N3O5. The molecule has 0 unspecified atom stereocenters. The lowest BCUT2D eigenvalue weighted by Gasteiger charge is -2.19. The van der Waals surface area contributed by atoms with E-state index in [9.17, 15) is 14.4 Å². The quantitative estimate of drug-likeness (QED) is 0.774. The molecule has 1 fully saturated rings. The van der Waals surface area contributed by atoms with Crippen LogP contribution in [0.1, 0.15) is 10.4 Å². The molecule has 8 nitrogen and oxygen atoms in total. The maximum Gasteiger partial charge on any atom is 0.339 e. The van der Waals surface area contributed by atoms with Crippen LogP contribution >= 0.6 is 0 Å². The number of nitrogens with one attached hydrogen (secondary N) is 1. The van der Waals surface area contributed by atoms with Gasteiger partial charge in [-0.15, -0.1) is 0 Å². The number of hydrogen-bond acceptors (Lipinski definition) is 5. The van der Waals surface area contributed by atoms with Crippen LogP contribution in [-0.2, 0) is 9.53 Å². The van der Waals surface area contributed by atoms with Crippen LogP contribution in [0.15, 0.2) is 48.5 Å². The van der Waals surface area contributed by atoms with Gasteiger partial charge in [-0.2, -0.15) is 0 Å². The second kappa shape index (κ2) is 8.43. The second-order valence-electron chi connectivity index (χ2n) is 6.14. The molecule has 1 aliphatic heterocycles. The highest BCUT2D eigenvalue weighted by Crippen LogP contribution is 2.23. The maximum atomic E-state index is 12.6. The van der Waals surface area contributed by atoms with Gasteiger partial charge < -0.3 is 19.7 Å². The van der Waals surface area contributed by atoms with Crippen LogP contribution in [0.4, 0.5) is 16.2 Å². The lowest BCUT2D eigenvalue weighted by atomic mass is 10.2. The monoisotopic (exact) mass is 383 g/mol. The molecule has 2 aromatic rings. The highest BCUT2D eigenvalue weighted by Gasteiger charge is 2.31. The van der Waals surface area contributed by atoms with Crippen molar-refractivity contribution in [2.75, 3.05) is 44.1 Å². The van der Waals surface area contributed by atoms with Crippen molar-refractivity contribution in [2.45, 2.75) is 0 Å². The molecule has 0 aromatic heterocycles. The number of hydrogen-bond donors (Lipinski definition) is 1. The minimum absolute atomic E-state index is 0.110. The molecule has 146 valence electrons. The number of para-hydroxylation sites is 1. The van der Waals surface area contributed by atoms with Gasteiger partial charge in [0, 0.05) is 18.8 Å². The van der Waals surface area contributed by atoms with E-state index in [1.165, 1.54) is 12.0 Å². The van der Waals surface area contributed by atoms with Gasteiger partial charge in [0.15, 0.2) is 0 Å². The topological polar surface area (TPSA) is 88.2 Å². The Morgan fingerprint density at radius 3 is 2.43 bits per heavy atom. The first-order chi connectivity index (χ1) is 13.5. The van der Waals surface area contributed by atoms with E-state index in [0.717, 1.165) is 5.69 Å². The summed E-state index contributed by atoms with van der Waals surface area (Å²) in [7, 11) is 2.85. The fourth-order valence-corrected chi connectivity index (χ4v) is 2.97. The summed E-state index contributed by atoms with van der Waals surface area (Å²) in [5.74, 6) is -0.226. The van der Waals surface area contributed by atoms with Crippen molar-refractivity contribution in [3.63, 3.8) is 0 Å². The number of urea groups is 1. The molecule has 0 spiro atoms. The van der Waals surface area contributed by atoms with Crippen LogP contribution in [0.3, 0.4) is 0 Å². The average Bonchev–Trinajstić information content (AvgIpc) is 3.08. The summed E-state index contributed by atoms with van der Waals surface area (Å²) in [5.41, 5.74) is 1.34. The molecule has 1 saturated heterocycles. The Kier molecular flexibility index (Phi) is 5.78. The minimum Gasteiger partial charge on any atom is -0.497 e.